The second-order valence-electron chi connectivity index (χ2n) is 5.20. The van der Waals surface area contributed by atoms with Crippen molar-refractivity contribution in [3.05, 3.63) is 0 Å². The van der Waals surface area contributed by atoms with Gasteiger partial charge in [0, 0.05) is 25.0 Å². The van der Waals surface area contributed by atoms with E-state index in [0.29, 0.717) is 19.5 Å². The van der Waals surface area contributed by atoms with Crippen molar-refractivity contribution in [2.24, 2.45) is 11.7 Å². The SMILES string of the molecule is CC(C)(N)CN1CCC(CC(F)(F)F)C1. The molecule has 90 valence electrons. The van der Waals surface area contributed by atoms with Crippen molar-refractivity contribution in [3.8, 4) is 0 Å². The van der Waals surface area contributed by atoms with E-state index >= 15 is 0 Å². The third kappa shape index (κ3) is 5.37. The zero-order chi connectivity index (χ0) is 11.7. The first-order valence-corrected chi connectivity index (χ1v) is 5.24. The maximum absolute atomic E-state index is 12.1. The van der Waals surface area contributed by atoms with E-state index in [1.54, 1.807) is 0 Å². The maximum atomic E-state index is 12.1. The molecule has 1 unspecified atom stereocenters. The monoisotopic (exact) mass is 224 g/mol. The Kier molecular flexibility index (Phi) is 3.66. The summed E-state index contributed by atoms with van der Waals surface area (Å²) < 4.78 is 36.4. The van der Waals surface area contributed by atoms with Gasteiger partial charge in [-0.25, -0.2) is 0 Å². The molecule has 0 aromatic rings. The number of alkyl halides is 3. The van der Waals surface area contributed by atoms with E-state index in [-0.39, 0.29) is 11.5 Å². The standard InChI is InChI=1S/C10H19F3N2/c1-9(2,14)7-15-4-3-8(6-15)5-10(11,12)13/h8H,3-7,14H2,1-2H3. The van der Waals surface area contributed by atoms with Crippen LogP contribution in [-0.4, -0.2) is 36.2 Å². The van der Waals surface area contributed by atoms with Gasteiger partial charge < -0.3 is 10.6 Å². The van der Waals surface area contributed by atoms with Gasteiger partial charge >= 0.3 is 6.18 Å². The molecule has 0 spiro atoms. The van der Waals surface area contributed by atoms with Crippen LogP contribution in [0.15, 0.2) is 0 Å². The van der Waals surface area contributed by atoms with Crippen molar-refractivity contribution in [1.82, 2.24) is 4.90 Å². The third-order valence-corrected chi connectivity index (χ3v) is 2.52. The van der Waals surface area contributed by atoms with Gasteiger partial charge in [0.1, 0.15) is 0 Å². The molecule has 1 rings (SSSR count). The molecule has 2 N–H and O–H groups in total. The van der Waals surface area contributed by atoms with Crippen molar-refractivity contribution in [2.45, 2.75) is 38.4 Å². The molecular formula is C10H19F3N2. The molecule has 1 heterocycles. The fourth-order valence-electron chi connectivity index (χ4n) is 2.13. The summed E-state index contributed by atoms with van der Waals surface area (Å²) in [7, 11) is 0. The molecular weight excluding hydrogens is 205 g/mol. The number of nitrogens with zero attached hydrogens (tertiary/aromatic N) is 1. The quantitative estimate of drug-likeness (QED) is 0.794. The van der Waals surface area contributed by atoms with Crippen molar-refractivity contribution in [1.29, 1.82) is 0 Å². The molecule has 1 atom stereocenters. The van der Waals surface area contributed by atoms with Crippen LogP contribution in [0.2, 0.25) is 0 Å². The zero-order valence-corrected chi connectivity index (χ0v) is 9.27. The van der Waals surface area contributed by atoms with Gasteiger partial charge in [0.15, 0.2) is 0 Å². The van der Waals surface area contributed by atoms with E-state index in [1.807, 2.05) is 18.7 Å². The first-order chi connectivity index (χ1) is 6.66. The summed E-state index contributed by atoms with van der Waals surface area (Å²) in [6.07, 6.45) is -4.05. The maximum Gasteiger partial charge on any atom is 0.389 e. The van der Waals surface area contributed by atoms with Gasteiger partial charge in [-0.3, -0.25) is 0 Å². The predicted molar refractivity (Wildman–Crippen MR) is 53.5 cm³/mol. The summed E-state index contributed by atoms with van der Waals surface area (Å²) in [6, 6.07) is 0. The Morgan fingerprint density at radius 3 is 2.40 bits per heavy atom. The molecule has 1 fully saturated rings. The van der Waals surface area contributed by atoms with E-state index in [2.05, 4.69) is 0 Å². The molecule has 15 heavy (non-hydrogen) atoms. The zero-order valence-electron chi connectivity index (χ0n) is 9.27. The average molecular weight is 224 g/mol. The highest BCUT2D eigenvalue weighted by Crippen LogP contribution is 2.30. The van der Waals surface area contributed by atoms with Crippen molar-refractivity contribution < 1.29 is 13.2 Å². The van der Waals surface area contributed by atoms with Crippen molar-refractivity contribution in [2.75, 3.05) is 19.6 Å². The lowest BCUT2D eigenvalue weighted by Crippen LogP contribution is -2.44. The number of rotatable bonds is 3. The van der Waals surface area contributed by atoms with Crippen LogP contribution in [0.25, 0.3) is 0 Å². The topological polar surface area (TPSA) is 29.3 Å². The Labute approximate surface area is 88.6 Å². The summed E-state index contributed by atoms with van der Waals surface area (Å²) in [4.78, 5) is 2.02. The fourth-order valence-corrected chi connectivity index (χ4v) is 2.13. The van der Waals surface area contributed by atoms with Crippen LogP contribution >= 0.6 is 0 Å². The van der Waals surface area contributed by atoms with E-state index < -0.39 is 12.6 Å². The van der Waals surface area contributed by atoms with Crippen LogP contribution in [0.3, 0.4) is 0 Å². The molecule has 1 aliphatic heterocycles. The smallest absolute Gasteiger partial charge is 0.324 e. The van der Waals surface area contributed by atoms with Gasteiger partial charge in [-0.2, -0.15) is 13.2 Å². The molecule has 5 heteroatoms. The normalized spacial score (nSPS) is 24.8. The lowest BCUT2D eigenvalue weighted by Gasteiger charge is -2.26. The summed E-state index contributed by atoms with van der Waals surface area (Å²) >= 11 is 0. The predicted octanol–water partition coefficient (Wildman–Crippen LogP) is 2.00. The summed E-state index contributed by atoms with van der Waals surface area (Å²) in [5.74, 6) is -0.243. The number of hydrogen-bond acceptors (Lipinski definition) is 2. The van der Waals surface area contributed by atoms with Gasteiger partial charge in [0.2, 0.25) is 0 Å². The van der Waals surface area contributed by atoms with Crippen LogP contribution in [0, 0.1) is 5.92 Å². The van der Waals surface area contributed by atoms with E-state index in [0.717, 1.165) is 6.54 Å². The minimum atomic E-state index is -4.03. The van der Waals surface area contributed by atoms with Crippen molar-refractivity contribution in [3.63, 3.8) is 0 Å². The lowest BCUT2D eigenvalue weighted by atomic mass is 10.0. The van der Waals surface area contributed by atoms with Gasteiger partial charge in [-0.05, 0) is 32.7 Å². The molecule has 0 aliphatic carbocycles. The van der Waals surface area contributed by atoms with Crippen LogP contribution in [0.1, 0.15) is 26.7 Å². The van der Waals surface area contributed by atoms with Gasteiger partial charge in [-0.1, -0.05) is 0 Å². The molecule has 0 aromatic carbocycles. The van der Waals surface area contributed by atoms with E-state index in [4.69, 9.17) is 5.73 Å². The van der Waals surface area contributed by atoms with Crippen LogP contribution in [0.4, 0.5) is 13.2 Å². The van der Waals surface area contributed by atoms with E-state index in [9.17, 15) is 13.2 Å². The number of hydrogen-bond donors (Lipinski definition) is 1. The second-order valence-corrected chi connectivity index (χ2v) is 5.20. The Hall–Kier alpha value is -0.290. The minimum absolute atomic E-state index is 0.243. The summed E-state index contributed by atoms with van der Waals surface area (Å²) in [6.45, 7) is 5.72. The number of halogens is 3. The molecule has 0 aromatic heterocycles. The molecule has 0 radical (unpaired) electrons. The summed E-state index contributed by atoms with van der Waals surface area (Å²) in [5.41, 5.74) is 5.50. The van der Waals surface area contributed by atoms with Gasteiger partial charge in [-0.15, -0.1) is 0 Å². The Bertz CT molecular complexity index is 186. The molecule has 1 aliphatic rings. The Morgan fingerprint density at radius 2 is 1.93 bits per heavy atom. The van der Waals surface area contributed by atoms with Crippen molar-refractivity contribution >= 4 is 0 Å². The Morgan fingerprint density at radius 1 is 1.33 bits per heavy atom. The number of likely N-dealkylation sites (tertiary alicyclic amines) is 1. The molecule has 1 saturated heterocycles. The van der Waals surface area contributed by atoms with Crippen LogP contribution < -0.4 is 5.73 Å². The molecule has 0 amide bonds. The molecule has 2 nitrogen and oxygen atoms in total. The highest BCUT2D eigenvalue weighted by atomic mass is 19.4. The van der Waals surface area contributed by atoms with Gasteiger partial charge in [0.05, 0.1) is 0 Å². The Balaban J connectivity index is 2.33. The highest BCUT2D eigenvalue weighted by Gasteiger charge is 2.35. The highest BCUT2D eigenvalue weighted by molar-refractivity contribution is 4.83. The third-order valence-electron chi connectivity index (χ3n) is 2.52. The second kappa shape index (κ2) is 4.29. The van der Waals surface area contributed by atoms with Crippen LogP contribution in [-0.2, 0) is 0 Å². The average Bonchev–Trinajstić information content (AvgIpc) is 2.28. The fraction of sp³-hybridized carbons (Fsp3) is 1.00. The summed E-state index contributed by atoms with van der Waals surface area (Å²) in [5, 5.41) is 0. The van der Waals surface area contributed by atoms with Gasteiger partial charge in [0.25, 0.3) is 0 Å². The van der Waals surface area contributed by atoms with E-state index in [1.165, 1.54) is 0 Å². The number of nitrogens with two attached hydrogens (primary N) is 1. The lowest BCUT2D eigenvalue weighted by molar-refractivity contribution is -0.143. The molecule has 0 saturated carbocycles. The first-order valence-electron chi connectivity index (χ1n) is 5.24. The molecule has 0 bridgehead atoms. The first kappa shape index (κ1) is 12.8. The largest absolute Gasteiger partial charge is 0.389 e. The van der Waals surface area contributed by atoms with Crippen LogP contribution in [0.5, 0.6) is 0 Å². The minimum Gasteiger partial charge on any atom is -0.324 e.